The smallest absolute Gasteiger partial charge is 0.389 e. The molecule has 0 amide bonds. The summed E-state index contributed by atoms with van der Waals surface area (Å²) in [4.78, 5) is 43.7. The fourth-order valence-electron chi connectivity index (χ4n) is 2.82. The van der Waals surface area contributed by atoms with Crippen molar-refractivity contribution in [3.8, 4) is 12.3 Å². The first kappa shape index (κ1) is 24.9. The molecule has 2 aromatic heterocycles. The van der Waals surface area contributed by atoms with Gasteiger partial charge in [0.25, 0.3) is 0 Å². The van der Waals surface area contributed by atoms with Gasteiger partial charge < -0.3 is 35.2 Å². The summed E-state index contributed by atoms with van der Waals surface area (Å²) >= 11 is 0. The number of aromatic nitrogens is 4. The van der Waals surface area contributed by atoms with Gasteiger partial charge in [0.15, 0.2) is 11.2 Å². The van der Waals surface area contributed by atoms with Gasteiger partial charge in [0.05, 0.1) is 18.4 Å². The van der Waals surface area contributed by atoms with Gasteiger partial charge in [-0.25, -0.2) is 23.7 Å². The highest BCUT2D eigenvalue weighted by molar-refractivity contribution is 7.66. The van der Waals surface area contributed by atoms with Gasteiger partial charge in [-0.1, -0.05) is 5.92 Å². The van der Waals surface area contributed by atoms with Crippen molar-refractivity contribution in [1.29, 1.82) is 0 Å². The molecule has 0 saturated carbocycles. The van der Waals surface area contributed by atoms with Crippen LogP contribution in [0.3, 0.4) is 0 Å². The largest absolute Gasteiger partial charge is 0.490 e. The number of fused-ring (bicyclic) bond motifs is 1. The number of terminal acetylenes is 1. The number of anilines is 1. The molecule has 20 heteroatoms. The molecule has 0 aliphatic carbocycles. The Morgan fingerprint density at radius 1 is 1.25 bits per heavy atom. The number of hydrogen-bond acceptors (Lipinski definition) is 12. The second-order valence-electron chi connectivity index (χ2n) is 6.32. The number of aliphatic hydroxyl groups excluding tert-OH is 1. The van der Waals surface area contributed by atoms with Crippen molar-refractivity contribution in [2.75, 3.05) is 12.3 Å². The minimum absolute atomic E-state index is 0.0238. The van der Waals surface area contributed by atoms with Crippen molar-refractivity contribution >= 4 is 35.1 Å². The molecule has 1 fully saturated rings. The van der Waals surface area contributed by atoms with Crippen molar-refractivity contribution in [3.05, 3.63) is 18.1 Å². The SMILES string of the molecule is C#C[C@]1(COP(=O)(O)OP(=O)(O)OP(=O)(O)O)OC(c2cnn3c(N)ncnc23)CC1O. The van der Waals surface area contributed by atoms with Crippen molar-refractivity contribution in [3.63, 3.8) is 0 Å². The minimum Gasteiger partial charge on any atom is -0.389 e. The molecular formula is C12H16N5O12P3. The molecule has 0 radical (unpaired) electrons. The Hall–Kier alpha value is -1.76. The van der Waals surface area contributed by atoms with E-state index in [-0.39, 0.29) is 18.0 Å². The topological polar surface area (TPSA) is 258 Å². The number of phosphoric ester groups is 1. The Balaban J connectivity index is 1.76. The summed E-state index contributed by atoms with van der Waals surface area (Å²) in [6.45, 7) is -1.03. The Labute approximate surface area is 178 Å². The molecule has 5 atom stereocenters. The zero-order chi connectivity index (χ0) is 23.9. The lowest BCUT2D eigenvalue weighted by atomic mass is 9.97. The van der Waals surface area contributed by atoms with Crippen LogP contribution in [0.1, 0.15) is 18.1 Å². The van der Waals surface area contributed by atoms with Crippen LogP contribution in [0.25, 0.3) is 5.65 Å². The van der Waals surface area contributed by atoms with Gasteiger partial charge in [0.2, 0.25) is 5.95 Å². The Kier molecular flexibility index (Phi) is 6.64. The van der Waals surface area contributed by atoms with Gasteiger partial charge in [-0.3, -0.25) is 4.52 Å². The van der Waals surface area contributed by atoms with Gasteiger partial charge in [-0.2, -0.15) is 18.2 Å². The van der Waals surface area contributed by atoms with E-state index >= 15 is 0 Å². The van der Waals surface area contributed by atoms with Crippen LogP contribution in [0.2, 0.25) is 0 Å². The number of nitrogens with zero attached hydrogens (tertiary/aromatic N) is 4. The van der Waals surface area contributed by atoms with E-state index < -0.39 is 47.9 Å². The van der Waals surface area contributed by atoms with E-state index in [0.717, 1.165) is 0 Å². The lowest BCUT2D eigenvalue weighted by Crippen LogP contribution is -2.42. The number of phosphoric acid groups is 3. The van der Waals surface area contributed by atoms with Crippen LogP contribution in [0.4, 0.5) is 5.95 Å². The average molecular weight is 515 g/mol. The Morgan fingerprint density at radius 2 is 1.94 bits per heavy atom. The molecule has 176 valence electrons. The maximum absolute atomic E-state index is 12.0. The number of rotatable bonds is 8. The van der Waals surface area contributed by atoms with Crippen LogP contribution in [0, 0.1) is 12.3 Å². The summed E-state index contributed by atoms with van der Waals surface area (Å²) in [7, 11) is -16.8. The number of ether oxygens (including phenoxy) is 1. The van der Waals surface area contributed by atoms with Crippen LogP contribution in [0.15, 0.2) is 12.5 Å². The predicted octanol–water partition coefficient (Wildman–Crippen LogP) is -0.756. The molecule has 3 heterocycles. The van der Waals surface area contributed by atoms with E-state index in [4.69, 9.17) is 26.7 Å². The molecule has 1 aliphatic rings. The van der Waals surface area contributed by atoms with Gasteiger partial charge in [0.1, 0.15) is 12.9 Å². The third kappa shape index (κ3) is 5.41. The lowest BCUT2D eigenvalue weighted by Gasteiger charge is -2.27. The van der Waals surface area contributed by atoms with Crippen molar-refractivity contribution in [2.24, 2.45) is 0 Å². The number of aliphatic hydroxyl groups is 1. The predicted molar refractivity (Wildman–Crippen MR) is 101 cm³/mol. The van der Waals surface area contributed by atoms with Crippen LogP contribution in [-0.4, -0.2) is 62.6 Å². The van der Waals surface area contributed by atoms with E-state index in [1.165, 1.54) is 17.0 Å². The first-order valence-corrected chi connectivity index (χ1v) is 12.8. The number of nitrogen functional groups attached to an aromatic ring is 1. The van der Waals surface area contributed by atoms with E-state index in [1.807, 2.05) is 0 Å². The third-order valence-electron chi connectivity index (χ3n) is 4.14. The highest BCUT2D eigenvalue weighted by atomic mass is 31.3. The zero-order valence-corrected chi connectivity index (χ0v) is 18.3. The van der Waals surface area contributed by atoms with E-state index in [2.05, 4.69) is 34.1 Å². The van der Waals surface area contributed by atoms with Gasteiger partial charge >= 0.3 is 23.5 Å². The van der Waals surface area contributed by atoms with E-state index in [0.29, 0.717) is 5.56 Å². The summed E-state index contributed by atoms with van der Waals surface area (Å²) in [5.74, 6) is 2.12. The fourth-order valence-corrected chi connectivity index (χ4v) is 5.87. The molecule has 0 spiro atoms. The second kappa shape index (κ2) is 8.54. The molecule has 32 heavy (non-hydrogen) atoms. The van der Waals surface area contributed by atoms with Crippen molar-refractivity contribution < 1.29 is 56.3 Å². The summed E-state index contributed by atoms with van der Waals surface area (Å²) in [5.41, 5.74) is 4.27. The highest BCUT2D eigenvalue weighted by Gasteiger charge is 2.51. The Bertz CT molecular complexity index is 1210. The molecule has 1 aliphatic heterocycles. The first-order valence-electron chi connectivity index (χ1n) is 8.23. The number of nitrogens with two attached hydrogens (primary N) is 1. The summed E-state index contributed by atoms with van der Waals surface area (Å²) in [6.07, 6.45) is 5.43. The molecular weight excluding hydrogens is 499 g/mol. The van der Waals surface area contributed by atoms with Crippen molar-refractivity contribution in [2.45, 2.75) is 24.2 Å². The normalized spacial score (nSPS) is 27.6. The van der Waals surface area contributed by atoms with Crippen LogP contribution < -0.4 is 5.73 Å². The third-order valence-corrected chi connectivity index (χ3v) is 7.92. The summed E-state index contributed by atoms with van der Waals surface area (Å²) < 4.78 is 52.7. The first-order chi connectivity index (χ1) is 14.7. The molecule has 3 rings (SSSR count). The monoisotopic (exact) mass is 515 g/mol. The summed E-state index contributed by atoms with van der Waals surface area (Å²) in [6, 6.07) is 0. The highest BCUT2D eigenvalue weighted by Crippen LogP contribution is 2.66. The fraction of sp³-hybridized carbons (Fsp3) is 0.417. The van der Waals surface area contributed by atoms with Gasteiger partial charge in [0, 0.05) is 12.0 Å². The minimum atomic E-state index is -5.72. The summed E-state index contributed by atoms with van der Waals surface area (Å²) in [5, 5.41) is 14.4. The van der Waals surface area contributed by atoms with Crippen molar-refractivity contribution in [1.82, 2.24) is 19.6 Å². The number of hydrogen-bond donors (Lipinski definition) is 6. The average Bonchev–Trinajstić information content (AvgIpc) is 3.19. The van der Waals surface area contributed by atoms with Crippen LogP contribution in [-0.2, 0) is 31.6 Å². The molecule has 17 nitrogen and oxygen atoms in total. The standard InChI is InChI=1S/C12H16N5O12P3/c1-2-12(5-26-31(22,23)29-32(24,25)28-30(19,20)21)9(18)3-8(27-12)7-4-16-17-10(7)14-6-15-11(17)13/h1,4,6,8-9,18H,3,5H2,(H,22,23)(H,24,25)(H2,13,14,15)(H2,19,20,21)/t8?,9?,12-/m1/s1. The van der Waals surface area contributed by atoms with E-state index in [9.17, 15) is 28.6 Å². The second-order valence-corrected chi connectivity index (χ2v) is 10.7. The van der Waals surface area contributed by atoms with Gasteiger partial charge in [-0.15, -0.1) is 6.42 Å². The zero-order valence-electron chi connectivity index (χ0n) is 15.6. The quantitative estimate of drug-likeness (QED) is 0.186. The molecule has 0 bridgehead atoms. The molecule has 0 aromatic carbocycles. The Morgan fingerprint density at radius 3 is 2.56 bits per heavy atom. The molecule has 1 saturated heterocycles. The van der Waals surface area contributed by atoms with Crippen LogP contribution in [0.5, 0.6) is 0 Å². The van der Waals surface area contributed by atoms with Crippen LogP contribution >= 0.6 is 23.5 Å². The molecule has 4 unspecified atom stereocenters. The van der Waals surface area contributed by atoms with Gasteiger partial charge in [-0.05, 0) is 0 Å². The lowest BCUT2D eigenvalue weighted by molar-refractivity contribution is -0.0702. The maximum Gasteiger partial charge on any atom is 0.490 e. The molecule has 7 N–H and O–H groups in total. The maximum atomic E-state index is 12.0. The van der Waals surface area contributed by atoms with E-state index in [1.54, 1.807) is 0 Å². The molecule has 2 aromatic rings.